The molecule has 1 aliphatic heterocycles. The number of hydrogen-bond donors (Lipinski definition) is 0. The third kappa shape index (κ3) is 3.34. The van der Waals surface area contributed by atoms with E-state index in [9.17, 15) is 8.42 Å². The maximum Gasteiger partial charge on any atom is 0.157 e. The van der Waals surface area contributed by atoms with Gasteiger partial charge in [0.1, 0.15) is 0 Å². The van der Waals surface area contributed by atoms with Crippen LogP contribution < -0.4 is 0 Å². The molecule has 0 unspecified atom stereocenters. The second-order valence-corrected chi connectivity index (χ2v) is 7.15. The van der Waals surface area contributed by atoms with E-state index in [-0.39, 0.29) is 11.0 Å². The Morgan fingerprint density at radius 1 is 1.37 bits per heavy atom. The van der Waals surface area contributed by atoms with Gasteiger partial charge in [0.25, 0.3) is 0 Å². The fourth-order valence-corrected chi connectivity index (χ4v) is 4.20. The van der Waals surface area contributed by atoms with Gasteiger partial charge in [0, 0.05) is 13.2 Å². The van der Waals surface area contributed by atoms with Crippen molar-refractivity contribution in [1.29, 1.82) is 5.26 Å². The van der Waals surface area contributed by atoms with Gasteiger partial charge in [0.2, 0.25) is 0 Å². The fourth-order valence-electron chi connectivity index (χ4n) is 2.30. The molecule has 0 spiro atoms. The molecule has 0 radical (unpaired) electrons. The summed E-state index contributed by atoms with van der Waals surface area (Å²) in [4.78, 5) is 0. The Morgan fingerprint density at radius 2 is 2.05 bits per heavy atom. The molecule has 4 nitrogen and oxygen atoms in total. The van der Waals surface area contributed by atoms with Crippen LogP contribution in [0.5, 0.6) is 0 Å². The molecule has 0 aromatic heterocycles. The maximum absolute atomic E-state index is 12.3. The number of hydrogen-bond acceptors (Lipinski definition) is 4. The van der Waals surface area contributed by atoms with Crippen molar-refractivity contribution in [2.75, 3.05) is 13.2 Å². The lowest BCUT2D eigenvalue weighted by atomic mass is 10.1. The smallest absolute Gasteiger partial charge is 0.157 e. The van der Waals surface area contributed by atoms with Crippen molar-refractivity contribution < 1.29 is 13.2 Å². The van der Waals surface area contributed by atoms with Crippen LogP contribution in [0.1, 0.15) is 29.5 Å². The van der Waals surface area contributed by atoms with Crippen molar-refractivity contribution in [1.82, 2.24) is 0 Å². The molecule has 2 rings (SSSR count). The van der Waals surface area contributed by atoms with Crippen LogP contribution >= 0.6 is 0 Å². The first-order chi connectivity index (χ1) is 9.03. The normalized spacial score (nSPS) is 17.1. The summed E-state index contributed by atoms with van der Waals surface area (Å²) in [5, 5.41) is 8.51. The second kappa shape index (κ2) is 5.72. The molecule has 1 aromatic rings. The molecule has 0 aliphatic carbocycles. The summed E-state index contributed by atoms with van der Waals surface area (Å²) < 4.78 is 29.9. The number of rotatable bonds is 3. The third-order valence-corrected chi connectivity index (χ3v) is 5.71. The zero-order valence-corrected chi connectivity index (χ0v) is 11.7. The van der Waals surface area contributed by atoms with Gasteiger partial charge < -0.3 is 4.74 Å². The standard InChI is InChI=1S/C14H17NO3S/c1-11-8-12(9-15)2-3-13(11)10-19(16,17)14-4-6-18-7-5-14/h2-3,8,14H,4-7,10H2,1H3. The van der Waals surface area contributed by atoms with Crippen LogP contribution in [-0.2, 0) is 20.3 Å². The molecule has 0 amide bonds. The van der Waals surface area contributed by atoms with Crippen molar-refractivity contribution in [2.45, 2.75) is 30.8 Å². The Kier molecular flexibility index (Phi) is 4.23. The number of nitriles is 1. The van der Waals surface area contributed by atoms with Crippen LogP contribution in [0.4, 0.5) is 0 Å². The van der Waals surface area contributed by atoms with E-state index >= 15 is 0 Å². The zero-order valence-electron chi connectivity index (χ0n) is 10.9. The van der Waals surface area contributed by atoms with Gasteiger partial charge in [-0.3, -0.25) is 0 Å². The van der Waals surface area contributed by atoms with Crippen molar-refractivity contribution in [3.05, 3.63) is 34.9 Å². The quantitative estimate of drug-likeness (QED) is 0.848. The molecule has 0 saturated carbocycles. The van der Waals surface area contributed by atoms with Gasteiger partial charge in [0.05, 0.1) is 22.6 Å². The molecule has 1 fully saturated rings. The highest BCUT2D eigenvalue weighted by molar-refractivity contribution is 7.91. The van der Waals surface area contributed by atoms with Gasteiger partial charge in [-0.1, -0.05) is 6.07 Å². The van der Waals surface area contributed by atoms with Crippen molar-refractivity contribution >= 4 is 9.84 Å². The Balaban J connectivity index is 2.18. The van der Waals surface area contributed by atoms with E-state index in [1.807, 2.05) is 6.92 Å². The van der Waals surface area contributed by atoms with Crippen molar-refractivity contribution in [3.8, 4) is 6.07 Å². The molecule has 0 atom stereocenters. The average molecular weight is 279 g/mol. The van der Waals surface area contributed by atoms with Gasteiger partial charge in [0.15, 0.2) is 9.84 Å². The summed E-state index contributed by atoms with van der Waals surface area (Å²) in [7, 11) is -3.14. The molecule has 19 heavy (non-hydrogen) atoms. The molecular weight excluding hydrogens is 262 g/mol. The molecule has 5 heteroatoms. The minimum absolute atomic E-state index is 0.0508. The van der Waals surface area contributed by atoms with Crippen LogP contribution in [0.2, 0.25) is 0 Å². The Morgan fingerprint density at radius 3 is 2.63 bits per heavy atom. The summed E-state index contributed by atoms with van der Waals surface area (Å²) in [5.41, 5.74) is 2.20. The van der Waals surface area contributed by atoms with Crippen LogP contribution in [0, 0.1) is 18.3 Å². The Bertz CT molecular complexity index is 596. The molecule has 102 valence electrons. The molecule has 1 aliphatic rings. The molecule has 1 heterocycles. The van der Waals surface area contributed by atoms with E-state index in [2.05, 4.69) is 6.07 Å². The molecule has 1 aromatic carbocycles. The minimum Gasteiger partial charge on any atom is -0.381 e. The largest absolute Gasteiger partial charge is 0.381 e. The summed E-state index contributed by atoms with van der Waals surface area (Å²) >= 11 is 0. The highest BCUT2D eigenvalue weighted by Crippen LogP contribution is 2.22. The molecular formula is C14H17NO3S. The summed E-state index contributed by atoms with van der Waals surface area (Å²) in [5.74, 6) is 0.0508. The number of aryl methyl sites for hydroxylation is 1. The Hall–Kier alpha value is -1.38. The zero-order chi connectivity index (χ0) is 13.9. The van der Waals surface area contributed by atoms with Gasteiger partial charge in [-0.05, 0) is 43.0 Å². The first kappa shape index (κ1) is 14.0. The van der Waals surface area contributed by atoms with E-state index in [0.717, 1.165) is 11.1 Å². The van der Waals surface area contributed by atoms with Crippen molar-refractivity contribution in [2.24, 2.45) is 0 Å². The highest BCUT2D eigenvalue weighted by atomic mass is 32.2. The number of benzene rings is 1. The molecule has 0 bridgehead atoms. The fraction of sp³-hybridized carbons (Fsp3) is 0.500. The minimum atomic E-state index is -3.14. The first-order valence-electron chi connectivity index (χ1n) is 6.32. The SMILES string of the molecule is Cc1cc(C#N)ccc1CS(=O)(=O)C1CCOCC1. The van der Waals surface area contributed by atoms with E-state index in [0.29, 0.717) is 31.6 Å². The number of sulfone groups is 1. The van der Waals surface area contributed by atoms with Crippen LogP contribution in [-0.4, -0.2) is 26.9 Å². The number of nitrogens with zero attached hydrogens (tertiary/aromatic N) is 1. The summed E-state index contributed by atoms with van der Waals surface area (Å²) in [6.45, 7) is 2.89. The lowest BCUT2D eigenvalue weighted by molar-refractivity contribution is 0.0983. The van der Waals surface area contributed by atoms with E-state index < -0.39 is 9.84 Å². The topological polar surface area (TPSA) is 67.2 Å². The highest BCUT2D eigenvalue weighted by Gasteiger charge is 2.28. The predicted octanol–water partition coefficient (Wildman–Crippen LogP) is 1.96. The van der Waals surface area contributed by atoms with Crippen LogP contribution in [0.15, 0.2) is 18.2 Å². The van der Waals surface area contributed by atoms with Crippen LogP contribution in [0.25, 0.3) is 0 Å². The van der Waals surface area contributed by atoms with E-state index in [1.54, 1.807) is 18.2 Å². The van der Waals surface area contributed by atoms with Crippen LogP contribution in [0.3, 0.4) is 0 Å². The molecule has 1 saturated heterocycles. The summed E-state index contributed by atoms with van der Waals surface area (Å²) in [6.07, 6.45) is 1.16. The lowest BCUT2D eigenvalue weighted by Gasteiger charge is -2.22. The van der Waals surface area contributed by atoms with E-state index in [4.69, 9.17) is 10.00 Å². The monoisotopic (exact) mass is 279 g/mol. The number of ether oxygens (including phenoxy) is 1. The van der Waals surface area contributed by atoms with Crippen molar-refractivity contribution in [3.63, 3.8) is 0 Å². The Labute approximate surface area is 113 Å². The first-order valence-corrected chi connectivity index (χ1v) is 8.03. The predicted molar refractivity (Wildman–Crippen MR) is 72.4 cm³/mol. The molecule has 0 N–H and O–H groups in total. The van der Waals surface area contributed by atoms with Gasteiger partial charge in [-0.15, -0.1) is 0 Å². The van der Waals surface area contributed by atoms with E-state index in [1.165, 1.54) is 0 Å². The van der Waals surface area contributed by atoms with Gasteiger partial charge >= 0.3 is 0 Å². The van der Waals surface area contributed by atoms with Gasteiger partial charge in [-0.2, -0.15) is 5.26 Å². The second-order valence-electron chi connectivity index (χ2n) is 4.87. The third-order valence-electron chi connectivity index (χ3n) is 3.50. The van der Waals surface area contributed by atoms with Gasteiger partial charge in [-0.25, -0.2) is 8.42 Å². The average Bonchev–Trinajstić information content (AvgIpc) is 2.42. The maximum atomic E-state index is 12.3. The lowest BCUT2D eigenvalue weighted by Crippen LogP contribution is -2.30. The summed E-state index contributed by atoms with van der Waals surface area (Å²) in [6, 6.07) is 7.20.